The minimum Gasteiger partial charge on any atom is -0.491 e. The number of benzene rings is 2. The van der Waals surface area contributed by atoms with Crippen LogP contribution in [-0.4, -0.2) is 30.3 Å². The van der Waals surface area contributed by atoms with Crippen LogP contribution in [0.15, 0.2) is 53.0 Å². The van der Waals surface area contributed by atoms with Gasteiger partial charge in [0.15, 0.2) is 5.11 Å². The molecule has 0 bridgehead atoms. The van der Waals surface area contributed by atoms with Crippen LogP contribution in [0.4, 0.5) is 5.69 Å². The molecular weight excluding hydrogens is 416 g/mol. The topological polar surface area (TPSA) is 59.6 Å². The van der Waals surface area contributed by atoms with Crippen molar-refractivity contribution in [2.45, 2.75) is 18.9 Å². The molecule has 1 saturated heterocycles. The first-order chi connectivity index (χ1) is 12.6. The Morgan fingerprint density at radius 1 is 1.19 bits per heavy atom. The number of carbonyl (C=O) groups is 1. The van der Waals surface area contributed by atoms with Crippen molar-refractivity contribution >= 4 is 44.9 Å². The number of hydrogen-bond donors (Lipinski definition) is 2. The largest absolute Gasteiger partial charge is 0.491 e. The van der Waals surface area contributed by atoms with Crippen LogP contribution < -0.4 is 15.4 Å². The summed E-state index contributed by atoms with van der Waals surface area (Å²) in [5.41, 5.74) is 1.31. The molecule has 2 aromatic carbocycles. The van der Waals surface area contributed by atoms with Gasteiger partial charge in [-0.3, -0.25) is 10.1 Å². The standard InChI is InChI=1S/C19H19BrN2O3S/c20-14-5-3-13(4-6-14)18(23)22-19(26)21-15-7-9-16(10-8-15)25-12-17-2-1-11-24-17/h3-10,17H,1-2,11-12H2,(H2,21,22,23,26). The van der Waals surface area contributed by atoms with E-state index in [0.29, 0.717) is 12.2 Å². The van der Waals surface area contributed by atoms with Gasteiger partial charge in [0, 0.05) is 22.3 Å². The van der Waals surface area contributed by atoms with Crippen molar-refractivity contribution in [1.82, 2.24) is 5.32 Å². The number of amides is 1. The third kappa shape index (κ3) is 5.52. The minimum atomic E-state index is -0.258. The second-order valence-corrected chi connectivity index (χ2v) is 7.21. The maximum Gasteiger partial charge on any atom is 0.257 e. The molecule has 26 heavy (non-hydrogen) atoms. The number of carbonyl (C=O) groups excluding carboxylic acids is 1. The SMILES string of the molecule is O=C(NC(=S)Nc1ccc(OCC2CCCO2)cc1)c1ccc(Br)cc1. The van der Waals surface area contributed by atoms with Gasteiger partial charge in [-0.25, -0.2) is 0 Å². The molecule has 1 aliphatic heterocycles. The highest BCUT2D eigenvalue weighted by molar-refractivity contribution is 9.10. The smallest absolute Gasteiger partial charge is 0.257 e. The Labute approximate surface area is 166 Å². The van der Waals surface area contributed by atoms with Gasteiger partial charge in [0.2, 0.25) is 0 Å². The van der Waals surface area contributed by atoms with E-state index in [0.717, 1.165) is 35.4 Å². The van der Waals surface area contributed by atoms with Crippen molar-refractivity contribution in [3.63, 3.8) is 0 Å². The average Bonchev–Trinajstić information content (AvgIpc) is 3.15. The summed E-state index contributed by atoms with van der Waals surface area (Å²) in [4.78, 5) is 12.1. The van der Waals surface area contributed by atoms with Gasteiger partial charge in [-0.2, -0.15) is 0 Å². The summed E-state index contributed by atoms with van der Waals surface area (Å²) >= 11 is 8.53. The summed E-state index contributed by atoms with van der Waals surface area (Å²) in [5.74, 6) is 0.516. The Kier molecular flexibility index (Phi) is 6.60. The average molecular weight is 435 g/mol. The van der Waals surface area contributed by atoms with Gasteiger partial charge in [0.05, 0.1) is 6.10 Å². The van der Waals surface area contributed by atoms with E-state index < -0.39 is 0 Å². The summed E-state index contributed by atoms with van der Waals surface area (Å²) in [7, 11) is 0. The lowest BCUT2D eigenvalue weighted by Crippen LogP contribution is -2.34. The Balaban J connectivity index is 1.47. The van der Waals surface area contributed by atoms with Crippen molar-refractivity contribution < 1.29 is 14.3 Å². The molecule has 1 atom stereocenters. The number of nitrogens with one attached hydrogen (secondary N) is 2. The molecule has 0 aliphatic carbocycles. The van der Waals surface area contributed by atoms with E-state index in [2.05, 4.69) is 26.6 Å². The van der Waals surface area contributed by atoms with Crippen molar-refractivity contribution in [1.29, 1.82) is 0 Å². The Morgan fingerprint density at radius 3 is 2.58 bits per heavy atom. The second-order valence-electron chi connectivity index (χ2n) is 5.89. The number of rotatable bonds is 5. The maximum absolute atomic E-state index is 12.1. The van der Waals surface area contributed by atoms with Gasteiger partial charge in [0.25, 0.3) is 5.91 Å². The molecule has 5 nitrogen and oxygen atoms in total. The number of thiocarbonyl (C=S) groups is 1. The number of anilines is 1. The summed E-state index contributed by atoms with van der Waals surface area (Å²) in [6.45, 7) is 1.38. The molecule has 136 valence electrons. The van der Waals surface area contributed by atoms with Gasteiger partial charge in [-0.1, -0.05) is 15.9 Å². The molecule has 3 rings (SSSR count). The first kappa shape index (κ1) is 18.8. The predicted molar refractivity (Wildman–Crippen MR) is 109 cm³/mol. The first-order valence-electron chi connectivity index (χ1n) is 8.32. The van der Waals surface area contributed by atoms with Crippen LogP contribution in [0.1, 0.15) is 23.2 Å². The van der Waals surface area contributed by atoms with Gasteiger partial charge in [0.1, 0.15) is 12.4 Å². The molecular formula is C19H19BrN2O3S. The predicted octanol–water partition coefficient (Wildman–Crippen LogP) is 4.13. The maximum atomic E-state index is 12.1. The van der Waals surface area contributed by atoms with Crippen LogP contribution in [0.3, 0.4) is 0 Å². The summed E-state index contributed by atoms with van der Waals surface area (Å²) < 4.78 is 12.2. The van der Waals surface area contributed by atoms with E-state index in [9.17, 15) is 4.79 Å². The first-order valence-corrected chi connectivity index (χ1v) is 9.52. The van der Waals surface area contributed by atoms with E-state index in [-0.39, 0.29) is 17.1 Å². The Bertz CT molecular complexity index is 759. The zero-order valence-electron chi connectivity index (χ0n) is 14.0. The van der Waals surface area contributed by atoms with Crippen LogP contribution in [0.25, 0.3) is 0 Å². The highest BCUT2D eigenvalue weighted by atomic mass is 79.9. The monoisotopic (exact) mass is 434 g/mol. The van der Waals surface area contributed by atoms with Gasteiger partial charge in [-0.15, -0.1) is 0 Å². The summed E-state index contributed by atoms with van der Waals surface area (Å²) in [6, 6.07) is 14.5. The lowest BCUT2D eigenvalue weighted by Gasteiger charge is -2.13. The van der Waals surface area contributed by atoms with Crippen molar-refractivity contribution in [3.8, 4) is 5.75 Å². The summed E-state index contributed by atoms with van der Waals surface area (Å²) in [5, 5.41) is 5.89. The third-order valence-corrected chi connectivity index (χ3v) is 4.64. The minimum absolute atomic E-state index is 0.189. The van der Waals surface area contributed by atoms with Crippen LogP contribution in [-0.2, 0) is 4.74 Å². The Hall–Kier alpha value is -1.96. The fourth-order valence-electron chi connectivity index (χ4n) is 2.54. The van der Waals surface area contributed by atoms with E-state index >= 15 is 0 Å². The molecule has 1 fully saturated rings. The number of ether oxygens (including phenoxy) is 2. The van der Waals surface area contributed by atoms with Crippen molar-refractivity contribution in [2.75, 3.05) is 18.5 Å². The highest BCUT2D eigenvalue weighted by Crippen LogP contribution is 2.18. The molecule has 1 amide bonds. The normalized spacial score (nSPS) is 16.1. The second kappa shape index (κ2) is 9.12. The molecule has 1 heterocycles. The van der Waals surface area contributed by atoms with Gasteiger partial charge < -0.3 is 14.8 Å². The number of hydrogen-bond acceptors (Lipinski definition) is 4. The molecule has 1 aliphatic rings. The molecule has 1 unspecified atom stereocenters. The van der Waals surface area contributed by atoms with Gasteiger partial charge in [-0.05, 0) is 73.6 Å². The van der Waals surface area contributed by atoms with E-state index in [1.807, 2.05) is 24.3 Å². The quantitative estimate of drug-likeness (QED) is 0.692. The van der Waals surface area contributed by atoms with Crippen molar-refractivity contribution in [2.24, 2.45) is 0 Å². The fourth-order valence-corrected chi connectivity index (χ4v) is 3.01. The lowest BCUT2D eigenvalue weighted by molar-refractivity contribution is 0.0679. The zero-order chi connectivity index (χ0) is 18.4. The van der Waals surface area contributed by atoms with E-state index in [4.69, 9.17) is 21.7 Å². The van der Waals surface area contributed by atoms with E-state index in [1.165, 1.54) is 0 Å². The lowest BCUT2D eigenvalue weighted by atomic mass is 10.2. The molecule has 7 heteroatoms. The molecule has 0 saturated carbocycles. The molecule has 0 aromatic heterocycles. The van der Waals surface area contributed by atoms with Crippen LogP contribution in [0.5, 0.6) is 5.75 Å². The molecule has 0 spiro atoms. The van der Waals surface area contributed by atoms with Gasteiger partial charge >= 0.3 is 0 Å². The summed E-state index contributed by atoms with van der Waals surface area (Å²) in [6.07, 6.45) is 2.33. The van der Waals surface area contributed by atoms with Crippen molar-refractivity contribution in [3.05, 3.63) is 58.6 Å². The van der Waals surface area contributed by atoms with Crippen LogP contribution in [0, 0.1) is 0 Å². The molecule has 0 radical (unpaired) electrons. The van der Waals surface area contributed by atoms with Crippen LogP contribution in [0.2, 0.25) is 0 Å². The third-order valence-electron chi connectivity index (χ3n) is 3.91. The van der Waals surface area contributed by atoms with E-state index in [1.54, 1.807) is 24.3 Å². The molecule has 2 N–H and O–H groups in total. The van der Waals surface area contributed by atoms with Crippen LogP contribution >= 0.6 is 28.1 Å². The highest BCUT2D eigenvalue weighted by Gasteiger charge is 2.15. The number of halogens is 1. The zero-order valence-corrected chi connectivity index (χ0v) is 16.4. The molecule has 2 aromatic rings. The Morgan fingerprint density at radius 2 is 1.92 bits per heavy atom. The fraction of sp³-hybridized carbons (Fsp3) is 0.263.